The Bertz CT molecular complexity index is 996. The van der Waals surface area contributed by atoms with E-state index in [9.17, 15) is 8.42 Å². The highest BCUT2D eigenvalue weighted by Crippen LogP contribution is 2.24. The molecule has 0 bridgehead atoms. The smallest absolute Gasteiger partial charge is 0.261 e. The van der Waals surface area contributed by atoms with Crippen LogP contribution in [0.5, 0.6) is 0 Å². The Kier molecular flexibility index (Phi) is 4.63. The summed E-state index contributed by atoms with van der Waals surface area (Å²) in [5.74, 6) is 0.872. The van der Waals surface area contributed by atoms with E-state index in [2.05, 4.69) is 30.5 Å². The summed E-state index contributed by atoms with van der Waals surface area (Å²) < 4.78 is 29.8. The van der Waals surface area contributed by atoms with Gasteiger partial charge in [-0.15, -0.1) is 0 Å². The Morgan fingerprint density at radius 2 is 1.58 bits per heavy atom. The predicted molar refractivity (Wildman–Crippen MR) is 104 cm³/mol. The monoisotopic (exact) mass is 369 g/mol. The van der Waals surface area contributed by atoms with E-state index in [0.717, 1.165) is 17.1 Å². The van der Waals surface area contributed by atoms with E-state index in [1.54, 1.807) is 30.5 Å². The van der Waals surface area contributed by atoms with Crippen molar-refractivity contribution in [3.05, 3.63) is 72.3 Å². The van der Waals surface area contributed by atoms with E-state index in [4.69, 9.17) is 0 Å². The standard InChI is InChI=1S/C20H23N3O2S/c1-15-21-13-14-23(15)18-9-7-17(8-10-18)22-26(24,25)19-11-5-16(6-12-19)20(2,3)4/h5-14,22H,1-4H3. The lowest BCUT2D eigenvalue weighted by Crippen LogP contribution is -2.15. The van der Waals surface area contributed by atoms with E-state index >= 15 is 0 Å². The zero-order valence-electron chi connectivity index (χ0n) is 15.4. The summed E-state index contributed by atoms with van der Waals surface area (Å²) in [6.45, 7) is 8.20. The van der Waals surface area contributed by atoms with Crippen LogP contribution in [0.1, 0.15) is 32.2 Å². The molecule has 1 heterocycles. The first-order chi connectivity index (χ1) is 12.2. The Morgan fingerprint density at radius 1 is 0.962 bits per heavy atom. The second-order valence-corrected chi connectivity index (χ2v) is 8.95. The highest BCUT2D eigenvalue weighted by atomic mass is 32.2. The van der Waals surface area contributed by atoms with Crippen molar-refractivity contribution in [1.82, 2.24) is 9.55 Å². The fourth-order valence-electron chi connectivity index (χ4n) is 2.69. The number of imidazole rings is 1. The molecule has 2 aromatic carbocycles. The van der Waals surface area contributed by atoms with Gasteiger partial charge in [0, 0.05) is 23.8 Å². The summed E-state index contributed by atoms with van der Waals surface area (Å²) in [4.78, 5) is 4.44. The third-order valence-electron chi connectivity index (χ3n) is 4.25. The van der Waals surface area contributed by atoms with E-state index in [1.165, 1.54) is 0 Å². The largest absolute Gasteiger partial charge is 0.304 e. The zero-order chi connectivity index (χ0) is 18.9. The number of aromatic nitrogens is 2. The Labute approximate surface area is 154 Å². The number of benzene rings is 2. The van der Waals surface area contributed by atoms with Gasteiger partial charge in [0.2, 0.25) is 0 Å². The van der Waals surface area contributed by atoms with Crippen LogP contribution < -0.4 is 4.72 Å². The van der Waals surface area contributed by atoms with Crippen molar-refractivity contribution in [2.75, 3.05) is 4.72 Å². The van der Waals surface area contributed by atoms with Gasteiger partial charge in [-0.1, -0.05) is 32.9 Å². The molecule has 0 atom stereocenters. The van der Waals surface area contributed by atoms with Crippen LogP contribution >= 0.6 is 0 Å². The first-order valence-electron chi connectivity index (χ1n) is 8.40. The average molecular weight is 369 g/mol. The van der Waals surface area contributed by atoms with Crippen LogP contribution in [-0.2, 0) is 15.4 Å². The van der Waals surface area contributed by atoms with Gasteiger partial charge in [-0.3, -0.25) is 4.72 Å². The van der Waals surface area contributed by atoms with Gasteiger partial charge in [0.1, 0.15) is 5.82 Å². The number of nitrogens with zero attached hydrogens (tertiary/aromatic N) is 2. The normalized spacial score (nSPS) is 12.2. The van der Waals surface area contributed by atoms with Gasteiger partial charge in [-0.25, -0.2) is 13.4 Å². The second-order valence-electron chi connectivity index (χ2n) is 7.27. The molecule has 0 radical (unpaired) electrons. The average Bonchev–Trinajstić information content (AvgIpc) is 3.01. The van der Waals surface area contributed by atoms with Crippen molar-refractivity contribution in [3.63, 3.8) is 0 Å². The van der Waals surface area contributed by atoms with E-state index < -0.39 is 10.0 Å². The van der Waals surface area contributed by atoms with E-state index in [-0.39, 0.29) is 10.3 Å². The fourth-order valence-corrected chi connectivity index (χ4v) is 3.75. The van der Waals surface area contributed by atoms with Crippen LogP contribution in [0.2, 0.25) is 0 Å². The Morgan fingerprint density at radius 3 is 2.08 bits per heavy atom. The van der Waals surface area contributed by atoms with Crippen molar-refractivity contribution in [2.45, 2.75) is 38.0 Å². The molecule has 0 fully saturated rings. The van der Waals surface area contributed by atoms with Crippen molar-refractivity contribution in [1.29, 1.82) is 0 Å². The minimum Gasteiger partial charge on any atom is -0.304 e. The maximum Gasteiger partial charge on any atom is 0.261 e. The number of rotatable bonds is 4. The summed E-state index contributed by atoms with van der Waals surface area (Å²) in [7, 11) is -3.62. The van der Waals surface area contributed by atoms with E-state index in [1.807, 2.05) is 42.0 Å². The number of hydrogen-bond acceptors (Lipinski definition) is 3. The zero-order valence-corrected chi connectivity index (χ0v) is 16.2. The van der Waals surface area contributed by atoms with Gasteiger partial charge < -0.3 is 4.57 Å². The van der Waals surface area contributed by atoms with Crippen LogP contribution in [0.3, 0.4) is 0 Å². The van der Waals surface area contributed by atoms with E-state index in [0.29, 0.717) is 5.69 Å². The number of hydrogen-bond donors (Lipinski definition) is 1. The number of anilines is 1. The fraction of sp³-hybridized carbons (Fsp3) is 0.250. The molecule has 26 heavy (non-hydrogen) atoms. The lowest BCUT2D eigenvalue weighted by molar-refractivity contribution is 0.587. The van der Waals surface area contributed by atoms with Gasteiger partial charge >= 0.3 is 0 Å². The number of nitrogens with one attached hydrogen (secondary N) is 1. The topological polar surface area (TPSA) is 64.0 Å². The first kappa shape index (κ1) is 18.2. The molecule has 1 aromatic heterocycles. The summed E-state index contributed by atoms with van der Waals surface area (Å²) >= 11 is 0. The molecule has 0 spiro atoms. The van der Waals surface area contributed by atoms with Crippen LogP contribution in [0, 0.1) is 6.92 Å². The molecule has 3 aromatic rings. The summed E-state index contributed by atoms with van der Waals surface area (Å²) in [5, 5.41) is 0. The summed E-state index contributed by atoms with van der Waals surface area (Å²) in [5.41, 5.74) is 2.53. The third-order valence-corrected chi connectivity index (χ3v) is 5.65. The van der Waals surface area contributed by atoms with Gasteiger partial charge in [0.05, 0.1) is 4.90 Å². The van der Waals surface area contributed by atoms with Crippen LogP contribution in [-0.4, -0.2) is 18.0 Å². The quantitative estimate of drug-likeness (QED) is 0.746. The highest BCUT2D eigenvalue weighted by Gasteiger charge is 2.17. The molecule has 3 rings (SSSR count). The molecule has 1 N–H and O–H groups in total. The Hall–Kier alpha value is -2.60. The minimum atomic E-state index is -3.62. The third kappa shape index (κ3) is 3.80. The van der Waals surface area contributed by atoms with Crippen LogP contribution in [0.15, 0.2) is 65.8 Å². The Balaban J connectivity index is 1.80. The minimum absolute atomic E-state index is 0.0169. The first-order valence-corrected chi connectivity index (χ1v) is 9.89. The van der Waals surface area contributed by atoms with Crippen LogP contribution in [0.4, 0.5) is 5.69 Å². The molecule has 0 aliphatic rings. The molecule has 0 aliphatic heterocycles. The molecule has 0 saturated heterocycles. The summed E-state index contributed by atoms with van der Waals surface area (Å²) in [6.07, 6.45) is 3.60. The molecule has 0 amide bonds. The lowest BCUT2D eigenvalue weighted by Gasteiger charge is -2.19. The van der Waals surface area contributed by atoms with Crippen molar-refractivity contribution in [2.24, 2.45) is 0 Å². The molecule has 136 valence electrons. The van der Waals surface area contributed by atoms with Crippen molar-refractivity contribution < 1.29 is 8.42 Å². The summed E-state index contributed by atoms with van der Waals surface area (Å²) in [6, 6.07) is 14.2. The number of aryl methyl sites for hydroxylation is 1. The maximum atomic E-state index is 12.6. The number of sulfonamides is 1. The van der Waals surface area contributed by atoms with Gasteiger partial charge in [0.15, 0.2) is 0 Å². The van der Waals surface area contributed by atoms with Gasteiger partial charge in [-0.2, -0.15) is 0 Å². The molecular weight excluding hydrogens is 346 g/mol. The van der Waals surface area contributed by atoms with Gasteiger partial charge in [0.25, 0.3) is 10.0 Å². The SMILES string of the molecule is Cc1nccn1-c1ccc(NS(=O)(=O)c2ccc(C(C)(C)C)cc2)cc1. The molecule has 6 heteroatoms. The van der Waals surface area contributed by atoms with Crippen molar-refractivity contribution >= 4 is 15.7 Å². The maximum absolute atomic E-state index is 12.6. The van der Waals surface area contributed by atoms with Gasteiger partial charge in [-0.05, 0) is 54.3 Å². The predicted octanol–water partition coefficient (Wildman–Crippen LogP) is 4.28. The van der Waals surface area contributed by atoms with Crippen LogP contribution in [0.25, 0.3) is 5.69 Å². The molecule has 0 saturated carbocycles. The molecule has 0 unspecified atom stereocenters. The lowest BCUT2D eigenvalue weighted by atomic mass is 9.87. The highest BCUT2D eigenvalue weighted by molar-refractivity contribution is 7.92. The molecule has 5 nitrogen and oxygen atoms in total. The molecular formula is C20H23N3O2S. The second kappa shape index (κ2) is 6.61. The van der Waals surface area contributed by atoms with Crippen molar-refractivity contribution in [3.8, 4) is 5.69 Å². The molecule has 0 aliphatic carbocycles.